The van der Waals surface area contributed by atoms with Crippen LogP contribution in [0.3, 0.4) is 0 Å². The molecule has 0 atom stereocenters. The van der Waals surface area contributed by atoms with E-state index in [1.807, 2.05) is 0 Å². The zero-order valence-corrected chi connectivity index (χ0v) is 16.6. The molecule has 1 aliphatic rings. The van der Waals surface area contributed by atoms with Gasteiger partial charge in [0.15, 0.2) is 0 Å². The maximum absolute atomic E-state index is 11.6. The zero-order valence-electron chi connectivity index (χ0n) is 16.6. The fraction of sp³-hybridized carbons (Fsp3) is 0.778. The van der Waals surface area contributed by atoms with E-state index >= 15 is 0 Å². The Kier molecular flexibility index (Phi) is 16.2. The van der Waals surface area contributed by atoms with Crippen LogP contribution >= 0.6 is 0 Å². The van der Waals surface area contributed by atoms with Gasteiger partial charge in [0.2, 0.25) is 5.91 Å². The molecule has 29 heavy (non-hydrogen) atoms. The highest BCUT2D eigenvalue weighted by Crippen LogP contribution is 2.13. The molecule has 8 nitrogen and oxygen atoms in total. The van der Waals surface area contributed by atoms with Gasteiger partial charge in [0.25, 0.3) is 0 Å². The highest BCUT2D eigenvalue weighted by Gasteiger charge is 2.38. The van der Waals surface area contributed by atoms with Gasteiger partial charge in [-0.2, -0.15) is 13.2 Å². The smallest absolute Gasteiger partial charge is 0.475 e. The van der Waals surface area contributed by atoms with E-state index in [1.54, 1.807) is 0 Å². The molecule has 170 valence electrons. The van der Waals surface area contributed by atoms with Gasteiger partial charge < -0.3 is 25.6 Å². The monoisotopic (exact) mass is 427 g/mol. The maximum Gasteiger partial charge on any atom is 0.490 e. The topological polar surface area (TPSA) is 114 Å². The van der Waals surface area contributed by atoms with Crippen LogP contribution < -0.4 is 11.1 Å². The number of nitrogens with two attached hydrogens (primary N) is 1. The summed E-state index contributed by atoms with van der Waals surface area (Å²) in [6.07, 6.45) is 3.18. The third-order valence-electron chi connectivity index (χ3n) is 3.72. The lowest BCUT2D eigenvalue weighted by molar-refractivity contribution is -0.192. The Morgan fingerprint density at radius 3 is 2.17 bits per heavy atom. The average Bonchev–Trinajstić information content (AvgIpc) is 3.17. The van der Waals surface area contributed by atoms with Gasteiger partial charge >= 0.3 is 12.1 Å². The molecule has 0 aliphatic carbocycles. The van der Waals surface area contributed by atoms with Crippen molar-refractivity contribution in [2.45, 2.75) is 31.9 Å². The van der Waals surface area contributed by atoms with E-state index in [-0.39, 0.29) is 5.91 Å². The molecule has 1 aliphatic heterocycles. The van der Waals surface area contributed by atoms with Gasteiger partial charge in [0, 0.05) is 32.6 Å². The zero-order chi connectivity index (χ0) is 22.0. The van der Waals surface area contributed by atoms with E-state index in [4.69, 9.17) is 25.1 Å². The van der Waals surface area contributed by atoms with Crippen LogP contribution in [-0.4, -0.2) is 87.2 Å². The summed E-state index contributed by atoms with van der Waals surface area (Å²) < 4.78 is 42.3. The number of alkyl halides is 3. The highest BCUT2D eigenvalue weighted by atomic mass is 19.4. The molecule has 0 fully saturated rings. The molecule has 0 spiro atoms. The number of rotatable bonds is 14. The molecule has 1 amide bonds. The fourth-order valence-corrected chi connectivity index (χ4v) is 2.26. The Hall–Kier alpha value is -1.69. The van der Waals surface area contributed by atoms with Crippen LogP contribution in [0.25, 0.3) is 0 Å². The van der Waals surface area contributed by atoms with Crippen LogP contribution in [0.2, 0.25) is 0 Å². The minimum absolute atomic E-state index is 0.117. The second kappa shape index (κ2) is 17.2. The molecule has 0 bridgehead atoms. The van der Waals surface area contributed by atoms with Gasteiger partial charge in [0.05, 0.1) is 26.4 Å². The number of carboxylic acid groups (broad SMARTS) is 1. The van der Waals surface area contributed by atoms with Crippen molar-refractivity contribution in [2.75, 3.05) is 59.2 Å². The number of carboxylic acids is 1. The first-order chi connectivity index (χ1) is 13.8. The van der Waals surface area contributed by atoms with Gasteiger partial charge in [-0.3, -0.25) is 9.69 Å². The lowest BCUT2D eigenvalue weighted by Gasteiger charge is -2.13. The summed E-state index contributed by atoms with van der Waals surface area (Å²) in [7, 11) is 0. The summed E-state index contributed by atoms with van der Waals surface area (Å²) in [4.78, 5) is 22.9. The lowest BCUT2D eigenvalue weighted by Crippen LogP contribution is -2.27. The van der Waals surface area contributed by atoms with Crippen molar-refractivity contribution in [1.82, 2.24) is 10.2 Å². The van der Waals surface area contributed by atoms with Crippen molar-refractivity contribution < 1.29 is 37.3 Å². The van der Waals surface area contributed by atoms with Crippen molar-refractivity contribution in [1.29, 1.82) is 0 Å². The number of carbonyl (C=O) groups is 2. The number of unbranched alkanes of at least 4 members (excludes halogenated alkanes) is 2. The first-order valence-electron chi connectivity index (χ1n) is 9.57. The molecule has 1 rings (SSSR count). The number of nitrogens with one attached hydrogen (secondary N) is 1. The molecule has 0 saturated heterocycles. The number of nitrogens with zero attached hydrogens (tertiary/aromatic N) is 1. The predicted molar refractivity (Wildman–Crippen MR) is 101 cm³/mol. The Balaban J connectivity index is 0.000000956. The largest absolute Gasteiger partial charge is 0.490 e. The summed E-state index contributed by atoms with van der Waals surface area (Å²) in [5, 5.41) is 10.00. The van der Waals surface area contributed by atoms with E-state index in [0.717, 1.165) is 32.5 Å². The normalized spacial score (nSPS) is 13.8. The van der Waals surface area contributed by atoms with Crippen molar-refractivity contribution in [3.8, 4) is 0 Å². The number of aliphatic carboxylic acids is 1. The van der Waals surface area contributed by atoms with Crippen LogP contribution in [0.4, 0.5) is 13.2 Å². The number of carbonyl (C=O) groups excluding carboxylic acids is 1. The maximum atomic E-state index is 11.6. The van der Waals surface area contributed by atoms with Gasteiger partial charge in [-0.1, -0.05) is 18.6 Å². The molecular weight excluding hydrogens is 395 g/mol. The molecule has 0 saturated carbocycles. The first-order valence-corrected chi connectivity index (χ1v) is 9.57. The summed E-state index contributed by atoms with van der Waals surface area (Å²) in [5.41, 5.74) is 5.30. The van der Waals surface area contributed by atoms with E-state index in [0.29, 0.717) is 45.9 Å². The van der Waals surface area contributed by atoms with Crippen LogP contribution in [0.1, 0.15) is 25.7 Å². The van der Waals surface area contributed by atoms with Crippen molar-refractivity contribution in [2.24, 2.45) is 5.73 Å². The van der Waals surface area contributed by atoms with Crippen LogP contribution in [0.5, 0.6) is 0 Å². The van der Waals surface area contributed by atoms with E-state index in [1.165, 1.54) is 6.42 Å². The number of halogens is 3. The van der Waals surface area contributed by atoms with Crippen molar-refractivity contribution in [3.63, 3.8) is 0 Å². The summed E-state index contributed by atoms with van der Waals surface area (Å²) in [6.45, 7) is 6.58. The highest BCUT2D eigenvalue weighted by molar-refractivity contribution is 5.75. The lowest BCUT2D eigenvalue weighted by atomic mass is 10.2. The minimum Gasteiger partial charge on any atom is -0.475 e. The van der Waals surface area contributed by atoms with Gasteiger partial charge in [-0.05, 0) is 19.4 Å². The number of ether oxygens (including phenoxy) is 2. The Bertz CT molecular complexity index is 468. The van der Waals surface area contributed by atoms with E-state index in [9.17, 15) is 18.0 Å². The number of amides is 1. The summed E-state index contributed by atoms with van der Waals surface area (Å²) in [6, 6.07) is 0. The van der Waals surface area contributed by atoms with Crippen LogP contribution in [-0.2, 0) is 19.1 Å². The fourth-order valence-electron chi connectivity index (χ4n) is 2.26. The molecule has 4 N–H and O–H groups in total. The van der Waals surface area contributed by atoms with Crippen molar-refractivity contribution >= 4 is 11.9 Å². The van der Waals surface area contributed by atoms with Crippen LogP contribution in [0, 0.1) is 0 Å². The molecule has 11 heteroatoms. The summed E-state index contributed by atoms with van der Waals surface area (Å²) >= 11 is 0. The molecule has 0 aromatic heterocycles. The molecule has 0 aromatic carbocycles. The molecule has 0 radical (unpaired) electrons. The quantitative estimate of drug-likeness (QED) is 0.282. The van der Waals surface area contributed by atoms with Crippen LogP contribution in [0.15, 0.2) is 12.2 Å². The predicted octanol–water partition coefficient (Wildman–Crippen LogP) is 1.16. The molecule has 0 unspecified atom stereocenters. The second-order valence-electron chi connectivity index (χ2n) is 6.21. The second-order valence-corrected chi connectivity index (χ2v) is 6.21. The molecule has 0 aromatic rings. The molecule has 1 heterocycles. The van der Waals surface area contributed by atoms with Gasteiger partial charge in [0.1, 0.15) is 0 Å². The molecular formula is C18H32F3N3O5. The summed E-state index contributed by atoms with van der Waals surface area (Å²) in [5.74, 6) is -2.64. The number of hydrogen-bond acceptors (Lipinski definition) is 6. The van der Waals surface area contributed by atoms with E-state index < -0.39 is 12.1 Å². The Labute approximate surface area is 169 Å². The first kappa shape index (κ1) is 27.3. The van der Waals surface area contributed by atoms with Gasteiger partial charge in [-0.25, -0.2) is 4.79 Å². The Morgan fingerprint density at radius 1 is 1.03 bits per heavy atom. The minimum atomic E-state index is -5.08. The van der Waals surface area contributed by atoms with Crippen molar-refractivity contribution in [3.05, 3.63) is 12.2 Å². The SMILES string of the molecule is NCCOCCOCCNC(=O)CCCCCN1CC=CC1.O=C(O)C(F)(F)F. The Morgan fingerprint density at radius 2 is 1.62 bits per heavy atom. The third-order valence-corrected chi connectivity index (χ3v) is 3.72. The van der Waals surface area contributed by atoms with Gasteiger partial charge in [-0.15, -0.1) is 0 Å². The van der Waals surface area contributed by atoms with E-state index in [2.05, 4.69) is 22.4 Å². The standard InChI is InChI=1S/C16H31N3O3.C2HF3O2/c17-7-12-21-14-15-22-13-8-18-16(20)6-2-1-3-9-19-10-4-5-11-19;3-2(4,5)1(6)7/h4-5H,1-3,6-15,17H2,(H,18,20);(H,6,7). The average molecular weight is 427 g/mol. The number of hydrogen-bond donors (Lipinski definition) is 3. The third kappa shape index (κ3) is 18.1.